The number of rotatable bonds is 19. The van der Waals surface area contributed by atoms with Crippen molar-refractivity contribution >= 4 is 10.0 Å². The summed E-state index contributed by atoms with van der Waals surface area (Å²) in [5.74, 6) is 0.199. The number of sulfonamides is 1. The molecule has 0 amide bonds. The van der Waals surface area contributed by atoms with Crippen LogP contribution in [-0.4, -0.2) is 45.6 Å². The topological polar surface area (TPSA) is 106 Å². The van der Waals surface area contributed by atoms with E-state index in [1.165, 1.54) is 0 Å². The first kappa shape index (κ1) is 34.1. The summed E-state index contributed by atoms with van der Waals surface area (Å²) in [6.45, 7) is 7.41. The molecule has 3 N–H and O–H groups in total. The molecule has 0 bridgehead atoms. The van der Waals surface area contributed by atoms with Crippen LogP contribution < -0.4 is 14.8 Å². The Kier molecular flexibility index (Phi) is 13.2. The molecule has 240 valence electrons. The van der Waals surface area contributed by atoms with Crippen LogP contribution in [0.3, 0.4) is 0 Å². The van der Waals surface area contributed by atoms with Gasteiger partial charge in [-0.25, -0.2) is 13.1 Å². The fraction of sp³-hybridized carbons (Fsp3) is 0.486. The fourth-order valence-corrected chi connectivity index (χ4v) is 6.18. The van der Waals surface area contributed by atoms with Gasteiger partial charge in [-0.15, -0.1) is 0 Å². The predicted octanol–water partition coefficient (Wildman–Crippen LogP) is 6.03. The molecule has 4 rings (SSSR count). The Morgan fingerprint density at radius 1 is 0.886 bits per heavy atom. The van der Waals surface area contributed by atoms with Crippen LogP contribution in [0.1, 0.15) is 80.7 Å². The highest BCUT2D eigenvalue weighted by atomic mass is 32.2. The first-order chi connectivity index (χ1) is 21.2. The van der Waals surface area contributed by atoms with E-state index in [0.29, 0.717) is 18.0 Å². The van der Waals surface area contributed by atoms with Crippen molar-refractivity contribution in [1.82, 2.24) is 10.0 Å². The van der Waals surface area contributed by atoms with Gasteiger partial charge in [0.1, 0.15) is 5.75 Å². The van der Waals surface area contributed by atoms with Gasteiger partial charge in [-0.1, -0.05) is 61.4 Å². The van der Waals surface area contributed by atoms with Crippen LogP contribution in [-0.2, 0) is 39.1 Å². The lowest BCUT2D eigenvalue weighted by molar-refractivity contribution is -0.180. The summed E-state index contributed by atoms with van der Waals surface area (Å²) in [6.07, 6.45) is 6.48. The lowest BCUT2D eigenvalue weighted by Gasteiger charge is -2.33. The van der Waals surface area contributed by atoms with Gasteiger partial charge in [-0.05, 0) is 79.6 Å². The molecule has 0 radical (unpaired) electrons. The van der Waals surface area contributed by atoms with Crippen molar-refractivity contribution in [2.75, 3.05) is 26.3 Å². The molecule has 0 unspecified atom stereocenters. The van der Waals surface area contributed by atoms with Gasteiger partial charge in [-0.2, -0.15) is 0 Å². The Labute approximate surface area is 263 Å². The molecule has 1 aliphatic rings. The number of hydrogen-bond donors (Lipinski definition) is 3. The smallest absolute Gasteiger partial charge is 0.240 e. The summed E-state index contributed by atoms with van der Waals surface area (Å²) < 4.78 is 45.5. The average molecular weight is 625 g/mol. The minimum atomic E-state index is -3.56. The van der Waals surface area contributed by atoms with E-state index in [1.807, 2.05) is 74.5 Å². The number of benzene rings is 3. The number of unbranched alkanes of at least 4 members (excludes halogenated alkanes) is 4. The standard InChI is InChI=1S/C35H48N2O6S/c1-35(2)42-27-31-24-30(18-19-34(31)43-35)33(38)26-36-20-9-3-4-10-21-41-22-11-8-13-28-16-12-17-32(23-28)44(39,40)37-25-29-14-6-5-7-15-29/h5-7,12,14-19,23-24,33,36-38H,3-4,8-11,13,20-22,25-27H2,1-2H3/t33-/m0/s1. The zero-order valence-corrected chi connectivity index (χ0v) is 26.9. The van der Waals surface area contributed by atoms with Gasteiger partial charge in [-0.3, -0.25) is 0 Å². The van der Waals surface area contributed by atoms with Crippen LogP contribution in [0.25, 0.3) is 0 Å². The number of nitrogens with one attached hydrogen (secondary N) is 2. The Morgan fingerprint density at radius 3 is 2.45 bits per heavy atom. The second kappa shape index (κ2) is 17.1. The van der Waals surface area contributed by atoms with Crippen LogP contribution in [0.4, 0.5) is 0 Å². The minimum Gasteiger partial charge on any atom is -0.463 e. The molecule has 9 heteroatoms. The van der Waals surface area contributed by atoms with E-state index < -0.39 is 21.9 Å². The first-order valence-corrected chi connectivity index (χ1v) is 17.2. The summed E-state index contributed by atoms with van der Waals surface area (Å²) in [5.41, 5.74) is 3.78. The Bertz CT molecular complexity index is 1400. The van der Waals surface area contributed by atoms with Crippen LogP contribution in [0.2, 0.25) is 0 Å². The zero-order chi connectivity index (χ0) is 31.3. The monoisotopic (exact) mass is 624 g/mol. The van der Waals surface area contributed by atoms with Crippen molar-refractivity contribution in [2.24, 2.45) is 0 Å². The number of aliphatic hydroxyl groups is 1. The van der Waals surface area contributed by atoms with E-state index in [-0.39, 0.29) is 6.54 Å². The van der Waals surface area contributed by atoms with Gasteiger partial charge in [0.05, 0.1) is 17.6 Å². The summed E-state index contributed by atoms with van der Waals surface area (Å²) in [7, 11) is -3.56. The molecule has 0 saturated heterocycles. The van der Waals surface area contributed by atoms with Crippen LogP contribution in [0, 0.1) is 0 Å². The Morgan fingerprint density at radius 2 is 1.64 bits per heavy atom. The normalized spacial score (nSPS) is 15.0. The van der Waals surface area contributed by atoms with Crippen molar-refractivity contribution in [1.29, 1.82) is 0 Å². The highest BCUT2D eigenvalue weighted by molar-refractivity contribution is 7.89. The second-order valence-corrected chi connectivity index (χ2v) is 13.6. The van der Waals surface area contributed by atoms with Crippen LogP contribution >= 0.6 is 0 Å². The van der Waals surface area contributed by atoms with Crippen LogP contribution in [0.15, 0.2) is 77.7 Å². The third-order valence-corrected chi connectivity index (χ3v) is 9.05. The van der Waals surface area contributed by atoms with E-state index in [0.717, 1.165) is 92.7 Å². The molecular formula is C35H48N2O6S. The molecule has 0 aliphatic carbocycles. The van der Waals surface area contributed by atoms with E-state index in [9.17, 15) is 13.5 Å². The number of fused-ring (bicyclic) bond motifs is 1. The largest absolute Gasteiger partial charge is 0.463 e. The molecule has 3 aromatic carbocycles. The van der Waals surface area contributed by atoms with Gasteiger partial charge in [0.25, 0.3) is 0 Å². The maximum atomic E-state index is 12.7. The highest BCUT2D eigenvalue weighted by Crippen LogP contribution is 2.32. The molecule has 44 heavy (non-hydrogen) atoms. The molecule has 1 aliphatic heterocycles. The highest BCUT2D eigenvalue weighted by Gasteiger charge is 2.27. The van der Waals surface area contributed by atoms with Crippen molar-refractivity contribution in [3.05, 3.63) is 95.1 Å². The van der Waals surface area contributed by atoms with E-state index >= 15 is 0 Å². The fourth-order valence-electron chi connectivity index (χ4n) is 5.09. The van der Waals surface area contributed by atoms with Crippen molar-refractivity contribution in [2.45, 2.75) is 88.7 Å². The Balaban J connectivity index is 0.992. The van der Waals surface area contributed by atoms with E-state index in [4.69, 9.17) is 14.2 Å². The molecular weight excluding hydrogens is 576 g/mol. The SMILES string of the molecule is CC1(C)OCc2cc([C@@H](O)CNCCCCCCOCCCCc3cccc(S(=O)(=O)NCc4ccccc4)c3)ccc2O1. The summed E-state index contributed by atoms with van der Waals surface area (Å²) >= 11 is 0. The average Bonchev–Trinajstić information content (AvgIpc) is 3.02. The molecule has 0 saturated carbocycles. The van der Waals surface area contributed by atoms with Crippen molar-refractivity contribution in [3.63, 3.8) is 0 Å². The predicted molar refractivity (Wildman–Crippen MR) is 173 cm³/mol. The lowest BCUT2D eigenvalue weighted by Crippen LogP contribution is -2.35. The number of aryl methyl sites for hydroxylation is 1. The van der Waals surface area contributed by atoms with E-state index in [1.54, 1.807) is 12.1 Å². The molecule has 3 aromatic rings. The van der Waals surface area contributed by atoms with Crippen molar-refractivity contribution < 1.29 is 27.7 Å². The molecule has 1 heterocycles. The van der Waals surface area contributed by atoms with Crippen LogP contribution in [0.5, 0.6) is 5.75 Å². The summed E-state index contributed by atoms with van der Waals surface area (Å²) in [4.78, 5) is 0.304. The third kappa shape index (κ3) is 11.3. The van der Waals surface area contributed by atoms with Gasteiger partial charge < -0.3 is 24.6 Å². The number of ether oxygens (including phenoxy) is 3. The Hall–Kier alpha value is -2.79. The van der Waals surface area contributed by atoms with Gasteiger partial charge in [0, 0.05) is 45.7 Å². The van der Waals surface area contributed by atoms with Crippen molar-refractivity contribution in [3.8, 4) is 5.75 Å². The number of hydrogen-bond acceptors (Lipinski definition) is 7. The molecule has 0 spiro atoms. The van der Waals surface area contributed by atoms with Gasteiger partial charge in [0.2, 0.25) is 15.8 Å². The summed E-state index contributed by atoms with van der Waals surface area (Å²) in [6, 6.07) is 22.5. The lowest BCUT2D eigenvalue weighted by atomic mass is 10.0. The molecule has 8 nitrogen and oxygen atoms in total. The first-order valence-electron chi connectivity index (χ1n) is 15.8. The minimum absolute atomic E-state index is 0.272. The quantitative estimate of drug-likeness (QED) is 0.140. The molecule has 0 aromatic heterocycles. The molecule has 1 atom stereocenters. The number of aliphatic hydroxyl groups excluding tert-OH is 1. The van der Waals surface area contributed by atoms with Gasteiger partial charge in [0.15, 0.2) is 0 Å². The zero-order valence-electron chi connectivity index (χ0n) is 26.1. The van der Waals surface area contributed by atoms with E-state index in [2.05, 4.69) is 10.0 Å². The second-order valence-electron chi connectivity index (χ2n) is 11.8. The maximum absolute atomic E-state index is 12.7. The maximum Gasteiger partial charge on any atom is 0.240 e. The summed E-state index contributed by atoms with van der Waals surface area (Å²) in [5, 5.41) is 13.9. The molecule has 0 fully saturated rings. The van der Waals surface area contributed by atoms with Gasteiger partial charge >= 0.3 is 0 Å². The third-order valence-electron chi connectivity index (χ3n) is 7.65.